The van der Waals surface area contributed by atoms with Crippen molar-refractivity contribution in [3.8, 4) is 0 Å². The average molecular weight is 419 g/mol. The molecule has 2 aromatic rings. The standard InChI is InChI=1S/C26H30N2O3/c1-4-31-26(30)23(15-14-20-10-6-5-7-11-20)28-18(2)24-16-21-12-8-9-13-22(21)17-27(24)25(29)19(28)3/h5-13,19,23-24H,2,4,14-17H2,1,3H3/t19-,23-,24-/m0/s1. The zero-order valence-corrected chi connectivity index (χ0v) is 18.3. The predicted molar refractivity (Wildman–Crippen MR) is 120 cm³/mol. The number of piperazine rings is 1. The van der Waals surface area contributed by atoms with E-state index in [4.69, 9.17) is 4.74 Å². The Balaban J connectivity index is 1.62. The van der Waals surface area contributed by atoms with E-state index >= 15 is 0 Å². The number of nitrogens with zero attached hydrogens (tertiary/aromatic N) is 2. The van der Waals surface area contributed by atoms with E-state index in [2.05, 4.69) is 30.8 Å². The molecule has 2 aliphatic heterocycles. The fourth-order valence-electron chi connectivity index (χ4n) is 4.86. The van der Waals surface area contributed by atoms with Gasteiger partial charge >= 0.3 is 5.97 Å². The number of carbonyl (C=O) groups is 2. The van der Waals surface area contributed by atoms with Crippen molar-refractivity contribution in [3.05, 3.63) is 83.6 Å². The Morgan fingerprint density at radius 3 is 2.52 bits per heavy atom. The van der Waals surface area contributed by atoms with Crippen LogP contribution in [0.1, 0.15) is 37.0 Å². The second-order valence-corrected chi connectivity index (χ2v) is 8.32. The quantitative estimate of drug-likeness (QED) is 0.671. The van der Waals surface area contributed by atoms with Crippen molar-refractivity contribution in [2.75, 3.05) is 6.61 Å². The second kappa shape index (κ2) is 8.96. The smallest absolute Gasteiger partial charge is 0.328 e. The zero-order chi connectivity index (χ0) is 22.0. The van der Waals surface area contributed by atoms with E-state index in [-0.39, 0.29) is 17.9 Å². The van der Waals surface area contributed by atoms with E-state index < -0.39 is 12.1 Å². The van der Waals surface area contributed by atoms with Gasteiger partial charge in [-0.15, -0.1) is 0 Å². The van der Waals surface area contributed by atoms with E-state index in [0.29, 0.717) is 19.6 Å². The van der Waals surface area contributed by atoms with Gasteiger partial charge in [0, 0.05) is 12.2 Å². The molecule has 0 spiro atoms. The van der Waals surface area contributed by atoms with Crippen LogP contribution in [0.5, 0.6) is 0 Å². The molecule has 0 radical (unpaired) electrons. The van der Waals surface area contributed by atoms with Crippen LogP contribution in [0.3, 0.4) is 0 Å². The number of hydrogen-bond donors (Lipinski definition) is 0. The first-order chi connectivity index (χ1) is 15.0. The van der Waals surface area contributed by atoms with Crippen molar-refractivity contribution < 1.29 is 14.3 Å². The van der Waals surface area contributed by atoms with Crippen LogP contribution in [-0.2, 0) is 33.7 Å². The third kappa shape index (κ3) is 4.09. The number of ether oxygens (including phenoxy) is 1. The van der Waals surface area contributed by atoms with Crippen LogP contribution in [0.2, 0.25) is 0 Å². The summed E-state index contributed by atoms with van der Waals surface area (Å²) < 4.78 is 5.42. The Hall–Kier alpha value is -3.08. The number of aryl methyl sites for hydroxylation is 1. The van der Waals surface area contributed by atoms with Gasteiger partial charge in [-0.1, -0.05) is 61.2 Å². The van der Waals surface area contributed by atoms with Gasteiger partial charge in [-0.05, 0) is 49.8 Å². The maximum Gasteiger partial charge on any atom is 0.328 e. The van der Waals surface area contributed by atoms with Gasteiger partial charge in [0.1, 0.15) is 12.1 Å². The molecule has 5 nitrogen and oxygen atoms in total. The molecule has 1 amide bonds. The molecule has 0 aliphatic carbocycles. The van der Waals surface area contributed by atoms with E-state index in [0.717, 1.165) is 24.1 Å². The van der Waals surface area contributed by atoms with Gasteiger partial charge in [0.15, 0.2) is 0 Å². The lowest BCUT2D eigenvalue weighted by Gasteiger charge is -2.51. The largest absolute Gasteiger partial charge is 0.464 e. The third-order valence-corrected chi connectivity index (χ3v) is 6.47. The summed E-state index contributed by atoms with van der Waals surface area (Å²) in [5, 5.41) is 0. The van der Waals surface area contributed by atoms with Gasteiger partial charge < -0.3 is 14.5 Å². The molecule has 0 saturated carbocycles. The Labute approximate surface area is 184 Å². The van der Waals surface area contributed by atoms with Crippen LogP contribution in [-0.4, -0.2) is 46.4 Å². The molecule has 2 aromatic carbocycles. The maximum atomic E-state index is 13.4. The number of esters is 1. The molecular formula is C26H30N2O3. The lowest BCUT2D eigenvalue weighted by Crippen LogP contribution is -2.63. The van der Waals surface area contributed by atoms with Gasteiger partial charge in [-0.3, -0.25) is 4.79 Å². The van der Waals surface area contributed by atoms with Crippen molar-refractivity contribution in [2.45, 2.75) is 57.8 Å². The molecule has 2 heterocycles. The minimum absolute atomic E-state index is 0.0425. The maximum absolute atomic E-state index is 13.4. The summed E-state index contributed by atoms with van der Waals surface area (Å²) in [5.41, 5.74) is 4.41. The SMILES string of the molecule is C=C1[C@@H]2Cc3ccccc3CN2C(=O)[C@H](C)N1[C@@H](CCc1ccccc1)C(=O)OCC. The number of fused-ring (bicyclic) bond motifs is 2. The lowest BCUT2D eigenvalue weighted by atomic mass is 9.87. The van der Waals surface area contributed by atoms with E-state index in [1.807, 2.05) is 54.0 Å². The van der Waals surface area contributed by atoms with Crippen LogP contribution in [0, 0.1) is 0 Å². The first-order valence-corrected chi connectivity index (χ1v) is 11.1. The number of benzene rings is 2. The van der Waals surface area contributed by atoms with Crippen LogP contribution in [0.15, 0.2) is 66.9 Å². The Morgan fingerprint density at radius 2 is 1.81 bits per heavy atom. The Bertz CT molecular complexity index is 972. The van der Waals surface area contributed by atoms with Crippen LogP contribution >= 0.6 is 0 Å². The van der Waals surface area contributed by atoms with Gasteiger partial charge in [0.25, 0.3) is 0 Å². The monoisotopic (exact) mass is 418 g/mol. The zero-order valence-electron chi connectivity index (χ0n) is 18.3. The summed E-state index contributed by atoms with van der Waals surface area (Å²) in [6, 6.07) is 17.2. The molecule has 3 atom stereocenters. The number of amides is 1. The molecule has 4 rings (SSSR count). The minimum atomic E-state index is -0.536. The van der Waals surface area contributed by atoms with Crippen molar-refractivity contribution in [1.29, 1.82) is 0 Å². The van der Waals surface area contributed by atoms with Crippen LogP contribution in [0.4, 0.5) is 0 Å². The predicted octanol–water partition coefficient (Wildman–Crippen LogP) is 3.72. The van der Waals surface area contributed by atoms with E-state index in [1.165, 1.54) is 11.1 Å². The molecule has 1 saturated heterocycles. The van der Waals surface area contributed by atoms with Crippen LogP contribution < -0.4 is 0 Å². The summed E-state index contributed by atoms with van der Waals surface area (Å²) in [4.78, 5) is 30.2. The first-order valence-electron chi connectivity index (χ1n) is 11.1. The number of carbonyl (C=O) groups excluding carboxylic acids is 2. The topological polar surface area (TPSA) is 49.9 Å². The highest BCUT2D eigenvalue weighted by molar-refractivity contribution is 5.86. The summed E-state index contributed by atoms with van der Waals surface area (Å²) in [6.45, 7) is 8.97. The molecular weight excluding hydrogens is 388 g/mol. The fourth-order valence-corrected chi connectivity index (χ4v) is 4.86. The molecule has 2 aliphatic rings. The summed E-state index contributed by atoms with van der Waals surface area (Å²) >= 11 is 0. The second-order valence-electron chi connectivity index (χ2n) is 8.32. The van der Waals surface area contributed by atoms with Gasteiger partial charge in [-0.2, -0.15) is 0 Å². The highest BCUT2D eigenvalue weighted by Crippen LogP contribution is 2.35. The molecule has 5 heteroatoms. The molecule has 162 valence electrons. The van der Waals surface area contributed by atoms with Gasteiger partial charge in [0.05, 0.1) is 12.6 Å². The number of hydrogen-bond acceptors (Lipinski definition) is 4. The number of rotatable bonds is 6. The lowest BCUT2D eigenvalue weighted by molar-refractivity contribution is -0.155. The molecule has 0 bridgehead atoms. The van der Waals surface area contributed by atoms with Gasteiger partial charge in [-0.25, -0.2) is 4.79 Å². The van der Waals surface area contributed by atoms with Crippen molar-refractivity contribution in [3.63, 3.8) is 0 Å². The Morgan fingerprint density at radius 1 is 1.13 bits per heavy atom. The normalized spacial score (nSPS) is 21.4. The summed E-state index contributed by atoms with van der Waals surface area (Å²) in [5.74, 6) is -0.246. The van der Waals surface area contributed by atoms with E-state index in [9.17, 15) is 9.59 Å². The molecule has 0 N–H and O–H groups in total. The molecule has 31 heavy (non-hydrogen) atoms. The summed E-state index contributed by atoms with van der Waals surface area (Å²) in [6.07, 6.45) is 2.02. The Kier molecular flexibility index (Phi) is 6.12. The fraction of sp³-hybridized carbons (Fsp3) is 0.385. The first kappa shape index (κ1) is 21.2. The molecule has 0 aromatic heterocycles. The van der Waals surface area contributed by atoms with Crippen molar-refractivity contribution >= 4 is 11.9 Å². The minimum Gasteiger partial charge on any atom is -0.464 e. The molecule has 0 unspecified atom stereocenters. The van der Waals surface area contributed by atoms with Crippen LogP contribution in [0.25, 0.3) is 0 Å². The highest BCUT2D eigenvalue weighted by atomic mass is 16.5. The van der Waals surface area contributed by atoms with Gasteiger partial charge in [0.2, 0.25) is 5.91 Å². The third-order valence-electron chi connectivity index (χ3n) is 6.47. The highest BCUT2D eigenvalue weighted by Gasteiger charge is 2.46. The average Bonchev–Trinajstić information content (AvgIpc) is 2.79. The molecule has 1 fully saturated rings. The summed E-state index contributed by atoms with van der Waals surface area (Å²) in [7, 11) is 0. The van der Waals surface area contributed by atoms with Crippen molar-refractivity contribution in [1.82, 2.24) is 9.80 Å². The van der Waals surface area contributed by atoms with Crippen molar-refractivity contribution in [2.24, 2.45) is 0 Å². The van der Waals surface area contributed by atoms with E-state index in [1.54, 1.807) is 0 Å².